The molecule has 5 heteroatoms. The summed E-state index contributed by atoms with van der Waals surface area (Å²) in [5.74, 6) is 0.219. The van der Waals surface area contributed by atoms with Gasteiger partial charge in [0.15, 0.2) is 0 Å². The number of hydrogen-bond donors (Lipinski definition) is 2. The highest BCUT2D eigenvalue weighted by molar-refractivity contribution is 5.81. The zero-order valence-electron chi connectivity index (χ0n) is 11.4. The highest BCUT2D eigenvalue weighted by Gasteiger charge is 2.25. The van der Waals surface area contributed by atoms with E-state index in [9.17, 15) is 9.59 Å². The normalized spacial score (nSPS) is 29.4. The number of nitrogens with one attached hydrogen (secondary N) is 1. The van der Waals surface area contributed by atoms with E-state index in [1.54, 1.807) is 0 Å². The van der Waals surface area contributed by atoms with Gasteiger partial charge >= 0.3 is 5.97 Å². The van der Waals surface area contributed by atoms with Crippen LogP contribution >= 0.6 is 0 Å². The van der Waals surface area contributed by atoms with Crippen molar-refractivity contribution in [3.8, 4) is 0 Å². The van der Waals surface area contributed by atoms with E-state index in [0.717, 1.165) is 12.8 Å². The molecule has 0 radical (unpaired) electrons. The van der Waals surface area contributed by atoms with Crippen LogP contribution in [0.25, 0.3) is 0 Å². The van der Waals surface area contributed by atoms with Crippen LogP contribution in [0.2, 0.25) is 0 Å². The van der Waals surface area contributed by atoms with Gasteiger partial charge in [0.2, 0.25) is 5.91 Å². The summed E-state index contributed by atoms with van der Waals surface area (Å²) in [4.78, 5) is 23.3. The average molecular weight is 268 g/mol. The van der Waals surface area contributed by atoms with E-state index in [4.69, 9.17) is 10.5 Å². The molecule has 108 valence electrons. The van der Waals surface area contributed by atoms with Gasteiger partial charge in [-0.2, -0.15) is 0 Å². The standard InChI is InChI=1S/C14H24N2O3/c15-12-7-6-11(9-16-14(12)18)19-13(17)8-10-4-2-1-3-5-10/h10-12H,1-9,15H2,(H,16,18)/t11-,12+/m1/s1. The minimum Gasteiger partial charge on any atom is -0.460 e. The average Bonchev–Trinajstić information content (AvgIpc) is 2.55. The summed E-state index contributed by atoms with van der Waals surface area (Å²) in [5, 5.41) is 2.71. The van der Waals surface area contributed by atoms with Crippen molar-refractivity contribution in [2.75, 3.05) is 6.54 Å². The van der Waals surface area contributed by atoms with Crippen molar-refractivity contribution in [3.05, 3.63) is 0 Å². The first-order valence-electron chi connectivity index (χ1n) is 7.38. The molecule has 1 saturated carbocycles. The Morgan fingerprint density at radius 2 is 1.95 bits per heavy atom. The first-order valence-corrected chi connectivity index (χ1v) is 7.38. The van der Waals surface area contributed by atoms with E-state index in [2.05, 4.69) is 5.32 Å². The number of esters is 1. The van der Waals surface area contributed by atoms with Gasteiger partial charge in [0.05, 0.1) is 12.6 Å². The molecule has 2 aliphatic rings. The lowest BCUT2D eigenvalue weighted by atomic mass is 9.87. The van der Waals surface area contributed by atoms with Crippen LogP contribution in [0.5, 0.6) is 0 Å². The number of amides is 1. The molecule has 0 aromatic carbocycles. The molecule has 5 nitrogen and oxygen atoms in total. The molecular weight excluding hydrogens is 244 g/mol. The lowest BCUT2D eigenvalue weighted by Crippen LogP contribution is -2.39. The Balaban J connectivity index is 1.73. The topological polar surface area (TPSA) is 81.4 Å². The highest BCUT2D eigenvalue weighted by Crippen LogP contribution is 2.26. The van der Waals surface area contributed by atoms with Gasteiger partial charge in [-0.3, -0.25) is 9.59 Å². The van der Waals surface area contributed by atoms with Gasteiger partial charge < -0.3 is 15.8 Å². The number of rotatable bonds is 3. The Hall–Kier alpha value is -1.10. The van der Waals surface area contributed by atoms with Crippen molar-refractivity contribution < 1.29 is 14.3 Å². The van der Waals surface area contributed by atoms with Crippen molar-refractivity contribution in [2.24, 2.45) is 11.7 Å². The van der Waals surface area contributed by atoms with Gasteiger partial charge in [-0.1, -0.05) is 19.3 Å². The van der Waals surface area contributed by atoms with E-state index in [1.807, 2.05) is 0 Å². The van der Waals surface area contributed by atoms with Gasteiger partial charge in [0, 0.05) is 6.42 Å². The van der Waals surface area contributed by atoms with E-state index in [0.29, 0.717) is 31.7 Å². The van der Waals surface area contributed by atoms with Crippen molar-refractivity contribution in [1.82, 2.24) is 5.32 Å². The lowest BCUT2D eigenvalue weighted by Gasteiger charge is -2.22. The maximum atomic E-state index is 11.9. The van der Waals surface area contributed by atoms with Crippen LogP contribution in [0.4, 0.5) is 0 Å². The summed E-state index contributed by atoms with van der Waals surface area (Å²) in [6.45, 7) is 0.392. The minimum absolute atomic E-state index is 0.123. The summed E-state index contributed by atoms with van der Waals surface area (Å²) in [5.41, 5.74) is 5.67. The SMILES string of the molecule is N[C@H]1CC[C@@H](OC(=O)CC2CCCCC2)CNC1=O. The summed E-state index contributed by atoms with van der Waals surface area (Å²) in [6, 6.07) is -0.470. The summed E-state index contributed by atoms with van der Waals surface area (Å²) >= 11 is 0. The fourth-order valence-corrected chi connectivity index (χ4v) is 2.91. The molecule has 1 aliphatic heterocycles. The summed E-state index contributed by atoms with van der Waals surface area (Å²) in [7, 11) is 0. The predicted octanol–water partition coefficient (Wildman–Crippen LogP) is 1.11. The third-order valence-electron chi connectivity index (χ3n) is 4.12. The fraction of sp³-hybridized carbons (Fsp3) is 0.857. The molecule has 0 unspecified atom stereocenters. The Morgan fingerprint density at radius 1 is 1.21 bits per heavy atom. The molecule has 1 amide bonds. The molecule has 3 N–H and O–H groups in total. The Labute approximate surface area is 114 Å². The van der Waals surface area contributed by atoms with Crippen molar-refractivity contribution >= 4 is 11.9 Å². The molecule has 0 bridgehead atoms. The predicted molar refractivity (Wildman–Crippen MR) is 71.3 cm³/mol. The second kappa shape index (κ2) is 6.89. The second-order valence-electron chi connectivity index (χ2n) is 5.75. The Kier molecular flexibility index (Phi) is 5.19. The van der Waals surface area contributed by atoms with E-state index >= 15 is 0 Å². The third-order valence-corrected chi connectivity index (χ3v) is 4.12. The lowest BCUT2D eigenvalue weighted by molar-refractivity contribution is -0.150. The van der Waals surface area contributed by atoms with Crippen LogP contribution in [0.3, 0.4) is 0 Å². The smallest absolute Gasteiger partial charge is 0.306 e. The van der Waals surface area contributed by atoms with Crippen LogP contribution in [-0.4, -0.2) is 30.6 Å². The number of carbonyl (C=O) groups is 2. The van der Waals surface area contributed by atoms with Crippen LogP contribution in [-0.2, 0) is 14.3 Å². The van der Waals surface area contributed by atoms with Gasteiger partial charge in [-0.25, -0.2) is 0 Å². The van der Waals surface area contributed by atoms with E-state index in [1.165, 1.54) is 19.3 Å². The first-order chi connectivity index (χ1) is 9.15. The molecule has 2 rings (SSSR count). The molecule has 19 heavy (non-hydrogen) atoms. The van der Waals surface area contributed by atoms with E-state index < -0.39 is 6.04 Å². The zero-order valence-corrected chi connectivity index (χ0v) is 11.4. The molecular formula is C14H24N2O3. The van der Waals surface area contributed by atoms with Crippen molar-refractivity contribution in [3.63, 3.8) is 0 Å². The van der Waals surface area contributed by atoms with Gasteiger partial charge in [0.1, 0.15) is 6.10 Å². The number of nitrogens with two attached hydrogens (primary N) is 1. The van der Waals surface area contributed by atoms with Crippen molar-refractivity contribution in [2.45, 2.75) is 63.5 Å². The zero-order chi connectivity index (χ0) is 13.7. The van der Waals surface area contributed by atoms with Crippen LogP contribution in [0.15, 0.2) is 0 Å². The van der Waals surface area contributed by atoms with E-state index in [-0.39, 0.29) is 18.0 Å². The van der Waals surface area contributed by atoms with Gasteiger partial charge in [-0.15, -0.1) is 0 Å². The van der Waals surface area contributed by atoms with Gasteiger partial charge in [-0.05, 0) is 31.6 Å². The van der Waals surface area contributed by atoms with Crippen LogP contribution in [0, 0.1) is 5.92 Å². The number of hydrogen-bond acceptors (Lipinski definition) is 4. The fourth-order valence-electron chi connectivity index (χ4n) is 2.91. The molecule has 2 fully saturated rings. The molecule has 0 aromatic heterocycles. The Morgan fingerprint density at radius 3 is 2.68 bits per heavy atom. The van der Waals surface area contributed by atoms with Gasteiger partial charge in [0.25, 0.3) is 0 Å². The highest BCUT2D eigenvalue weighted by atomic mass is 16.5. The van der Waals surface area contributed by atoms with Crippen molar-refractivity contribution in [1.29, 1.82) is 0 Å². The number of carbonyl (C=O) groups excluding carboxylic acids is 2. The summed E-state index contributed by atoms with van der Waals surface area (Å²) in [6.07, 6.45) is 7.58. The first kappa shape index (κ1) is 14.3. The maximum absolute atomic E-state index is 11.9. The number of ether oxygens (including phenoxy) is 1. The largest absolute Gasteiger partial charge is 0.460 e. The molecule has 0 spiro atoms. The molecule has 2 atom stereocenters. The molecule has 1 saturated heterocycles. The molecule has 0 aromatic rings. The monoisotopic (exact) mass is 268 g/mol. The second-order valence-corrected chi connectivity index (χ2v) is 5.75. The minimum atomic E-state index is -0.470. The summed E-state index contributed by atoms with van der Waals surface area (Å²) < 4.78 is 5.46. The third kappa shape index (κ3) is 4.49. The van der Waals surface area contributed by atoms with Crippen LogP contribution in [0.1, 0.15) is 51.4 Å². The molecule has 1 aliphatic carbocycles. The molecule has 1 heterocycles. The Bertz CT molecular complexity index is 327. The maximum Gasteiger partial charge on any atom is 0.306 e. The quantitative estimate of drug-likeness (QED) is 0.751. The van der Waals surface area contributed by atoms with Crippen LogP contribution < -0.4 is 11.1 Å².